The summed E-state index contributed by atoms with van der Waals surface area (Å²) in [6.07, 6.45) is 5.37. The monoisotopic (exact) mass is 734 g/mol. The average Bonchev–Trinajstić information content (AvgIpc) is 3.42. The number of hydrogen-bond donors (Lipinski definition) is 4. The molecule has 54 heavy (non-hydrogen) atoms. The first-order valence-electron chi connectivity index (χ1n) is 18.1. The van der Waals surface area contributed by atoms with Crippen molar-refractivity contribution < 1.29 is 38.6 Å². The fourth-order valence-corrected chi connectivity index (χ4v) is 6.42. The molecule has 1 unspecified atom stereocenters. The van der Waals surface area contributed by atoms with Crippen LogP contribution in [-0.2, 0) is 27.3 Å². The summed E-state index contributed by atoms with van der Waals surface area (Å²) in [5.41, 5.74) is 9.33. The number of amides is 5. The quantitative estimate of drug-likeness (QED) is 0.0879. The molecule has 14 nitrogen and oxygen atoms in total. The number of carbonyl (C=O) groups is 5. The Morgan fingerprint density at radius 3 is 2.35 bits per heavy atom. The van der Waals surface area contributed by atoms with Gasteiger partial charge in [0.15, 0.2) is 11.6 Å². The number of rotatable bonds is 17. The van der Waals surface area contributed by atoms with Crippen molar-refractivity contribution in [1.29, 1.82) is 0 Å². The first-order valence-corrected chi connectivity index (χ1v) is 18.1. The molecule has 0 aliphatic carbocycles. The SMILES string of the molecule is Nc1nnc(-c2ccccc2O)cc1OCCc1ccc(CNC(=O)CCCCCCCOc2cccc3c2C(=O)N(C2CCC(=O)NC2=O)C3=O)cc1. The van der Waals surface area contributed by atoms with E-state index in [0.29, 0.717) is 55.4 Å². The summed E-state index contributed by atoms with van der Waals surface area (Å²) in [5, 5.41) is 23.3. The Morgan fingerprint density at radius 1 is 0.833 bits per heavy atom. The largest absolute Gasteiger partial charge is 0.507 e. The maximum Gasteiger partial charge on any atom is 0.266 e. The van der Waals surface area contributed by atoms with Gasteiger partial charge >= 0.3 is 0 Å². The number of phenolic OH excluding ortho intramolecular Hbond substituents is 1. The molecule has 2 aliphatic rings. The van der Waals surface area contributed by atoms with Gasteiger partial charge in [-0.2, -0.15) is 0 Å². The van der Waals surface area contributed by atoms with Crippen molar-refractivity contribution in [2.45, 2.75) is 70.4 Å². The number of fused-ring (bicyclic) bond motifs is 1. The minimum atomic E-state index is -1.03. The predicted octanol–water partition coefficient (Wildman–Crippen LogP) is 4.49. The van der Waals surface area contributed by atoms with Gasteiger partial charge in [0.25, 0.3) is 11.8 Å². The van der Waals surface area contributed by atoms with Gasteiger partial charge in [-0.15, -0.1) is 10.2 Å². The minimum Gasteiger partial charge on any atom is -0.507 e. The molecule has 14 heteroatoms. The Balaban J connectivity index is 0.841. The molecule has 0 radical (unpaired) electrons. The number of aromatic nitrogens is 2. The lowest BCUT2D eigenvalue weighted by molar-refractivity contribution is -0.136. The average molecular weight is 735 g/mol. The third-order valence-electron chi connectivity index (χ3n) is 9.36. The van der Waals surface area contributed by atoms with Crippen LogP contribution in [0.2, 0.25) is 0 Å². The lowest BCUT2D eigenvalue weighted by Crippen LogP contribution is -2.54. The summed E-state index contributed by atoms with van der Waals surface area (Å²) in [6.45, 7) is 1.15. The van der Waals surface area contributed by atoms with Gasteiger partial charge in [0.1, 0.15) is 23.2 Å². The third kappa shape index (κ3) is 9.00. The number of carbonyl (C=O) groups excluding carboxylic acids is 5. The number of phenols is 1. The van der Waals surface area contributed by atoms with Gasteiger partial charge in [0.2, 0.25) is 17.7 Å². The highest BCUT2D eigenvalue weighted by Crippen LogP contribution is 2.34. The topological polar surface area (TPSA) is 203 Å². The predicted molar refractivity (Wildman–Crippen MR) is 197 cm³/mol. The molecular weight excluding hydrogens is 692 g/mol. The number of unbranched alkanes of at least 4 members (excludes halogenated alkanes) is 4. The number of piperidine rings is 1. The second-order valence-electron chi connectivity index (χ2n) is 13.2. The van der Waals surface area contributed by atoms with Crippen molar-refractivity contribution in [1.82, 2.24) is 25.7 Å². The molecule has 1 saturated heterocycles. The van der Waals surface area contributed by atoms with E-state index in [4.69, 9.17) is 15.2 Å². The summed E-state index contributed by atoms with van der Waals surface area (Å²) in [5.74, 6) is -1.29. The lowest BCUT2D eigenvalue weighted by Gasteiger charge is -2.27. The van der Waals surface area contributed by atoms with Gasteiger partial charge in [-0.25, -0.2) is 0 Å². The van der Waals surface area contributed by atoms with E-state index in [9.17, 15) is 29.1 Å². The number of nitrogens with two attached hydrogens (primary N) is 1. The number of nitrogens with zero attached hydrogens (tertiary/aromatic N) is 3. The highest BCUT2D eigenvalue weighted by molar-refractivity contribution is 6.24. The summed E-state index contributed by atoms with van der Waals surface area (Å²) >= 11 is 0. The van der Waals surface area contributed by atoms with E-state index in [1.54, 1.807) is 42.5 Å². The number of imide groups is 2. The van der Waals surface area contributed by atoms with Crippen LogP contribution in [0.15, 0.2) is 72.8 Å². The molecule has 5 amide bonds. The number of aromatic hydroxyl groups is 1. The highest BCUT2D eigenvalue weighted by atomic mass is 16.5. The third-order valence-corrected chi connectivity index (χ3v) is 9.36. The first-order chi connectivity index (χ1) is 26.2. The van der Waals surface area contributed by atoms with Crippen molar-refractivity contribution in [3.8, 4) is 28.5 Å². The van der Waals surface area contributed by atoms with E-state index in [1.807, 2.05) is 24.3 Å². The highest BCUT2D eigenvalue weighted by Gasteiger charge is 2.46. The molecule has 5 N–H and O–H groups in total. The van der Waals surface area contributed by atoms with Gasteiger partial charge in [-0.3, -0.25) is 34.2 Å². The number of anilines is 1. The molecule has 1 fully saturated rings. The number of para-hydroxylation sites is 1. The molecule has 0 bridgehead atoms. The van der Waals surface area contributed by atoms with Crippen LogP contribution in [0.5, 0.6) is 17.2 Å². The normalized spacial score (nSPS) is 15.2. The van der Waals surface area contributed by atoms with E-state index in [2.05, 4.69) is 20.8 Å². The Labute approximate surface area is 312 Å². The second-order valence-corrected chi connectivity index (χ2v) is 13.2. The maximum atomic E-state index is 13.2. The summed E-state index contributed by atoms with van der Waals surface area (Å²) in [6, 6.07) is 20.2. The van der Waals surface area contributed by atoms with Crippen molar-refractivity contribution in [2.75, 3.05) is 18.9 Å². The zero-order chi connectivity index (χ0) is 38.0. The summed E-state index contributed by atoms with van der Waals surface area (Å²) in [4.78, 5) is 63.4. The zero-order valence-electron chi connectivity index (χ0n) is 29.7. The number of nitrogens with one attached hydrogen (secondary N) is 2. The lowest BCUT2D eigenvalue weighted by atomic mass is 10.0. The molecule has 4 aromatic rings. The summed E-state index contributed by atoms with van der Waals surface area (Å²) < 4.78 is 11.8. The van der Waals surface area contributed by atoms with Crippen molar-refractivity contribution in [3.63, 3.8) is 0 Å². The van der Waals surface area contributed by atoms with E-state index in [0.717, 1.165) is 48.1 Å². The van der Waals surface area contributed by atoms with Crippen molar-refractivity contribution >= 4 is 35.4 Å². The van der Waals surface area contributed by atoms with Gasteiger partial charge in [-0.05, 0) is 54.7 Å². The Hall–Kier alpha value is -6.31. The van der Waals surface area contributed by atoms with Crippen LogP contribution in [0, 0.1) is 0 Å². The molecule has 280 valence electrons. The number of hydrogen-bond acceptors (Lipinski definition) is 11. The summed E-state index contributed by atoms with van der Waals surface area (Å²) in [7, 11) is 0. The van der Waals surface area contributed by atoms with Gasteiger partial charge < -0.3 is 25.6 Å². The maximum absolute atomic E-state index is 13.2. The van der Waals surface area contributed by atoms with Crippen LogP contribution < -0.4 is 25.8 Å². The van der Waals surface area contributed by atoms with Crippen LogP contribution in [0.4, 0.5) is 5.82 Å². The Morgan fingerprint density at radius 2 is 1.56 bits per heavy atom. The molecule has 6 rings (SSSR count). The molecule has 3 heterocycles. The molecule has 0 saturated carbocycles. The Bertz CT molecular complexity index is 2040. The van der Waals surface area contributed by atoms with Crippen LogP contribution in [0.3, 0.4) is 0 Å². The van der Waals surface area contributed by atoms with Crippen LogP contribution in [0.25, 0.3) is 11.3 Å². The first kappa shape index (κ1) is 37.4. The molecule has 1 atom stereocenters. The van der Waals surface area contributed by atoms with Crippen LogP contribution in [0.1, 0.15) is 83.2 Å². The van der Waals surface area contributed by atoms with E-state index >= 15 is 0 Å². The fraction of sp³-hybridized carbons (Fsp3) is 0.325. The van der Waals surface area contributed by atoms with Gasteiger partial charge in [0, 0.05) is 37.4 Å². The van der Waals surface area contributed by atoms with E-state index < -0.39 is 29.7 Å². The van der Waals surface area contributed by atoms with Crippen molar-refractivity contribution in [3.05, 3.63) is 95.1 Å². The number of ether oxygens (including phenoxy) is 2. The molecule has 2 aliphatic heterocycles. The van der Waals surface area contributed by atoms with Crippen LogP contribution >= 0.6 is 0 Å². The minimum absolute atomic E-state index is 0.00829. The van der Waals surface area contributed by atoms with Gasteiger partial charge in [-0.1, -0.05) is 61.7 Å². The van der Waals surface area contributed by atoms with Crippen molar-refractivity contribution in [2.24, 2.45) is 0 Å². The molecule has 0 spiro atoms. The molecular formula is C40H42N6O8. The smallest absolute Gasteiger partial charge is 0.266 e. The second kappa shape index (κ2) is 17.5. The van der Waals surface area contributed by atoms with Crippen LogP contribution in [-0.4, -0.2) is 69.0 Å². The molecule has 1 aromatic heterocycles. The zero-order valence-corrected chi connectivity index (χ0v) is 29.7. The number of nitrogen functional groups attached to an aromatic ring is 1. The number of benzene rings is 3. The van der Waals surface area contributed by atoms with Gasteiger partial charge in [0.05, 0.1) is 24.3 Å². The Kier molecular flexibility index (Phi) is 12.1. The van der Waals surface area contributed by atoms with E-state index in [-0.39, 0.29) is 41.4 Å². The fourth-order valence-electron chi connectivity index (χ4n) is 6.42. The van der Waals surface area contributed by atoms with E-state index in [1.165, 1.54) is 6.07 Å². The standard InChI is InChI=1S/C40H42N6O8/c41-37-33(23-29(44-45-37)27-9-5-6-11-31(27)47)54-22-20-25-14-16-26(17-15-25)24-42-34(48)13-4-2-1-3-7-21-53-32-12-8-10-28-36(32)40(52)46(39(28)51)30-18-19-35(49)43-38(30)50/h5-6,8-12,14-17,23,30,47H,1-4,7,13,18-22,24H2,(H2,41,45)(H,42,48)(H,43,49,50). The molecule has 3 aromatic carbocycles.